The standard InChI is InChI=1S/C9H9BrN2O2.C6H7BrN2.C3H4Cl2O2.CH2O3.2K.H/c1-6-4-8(11-5-7(6)10)12-2-3-14-9(12)13;1-4-2-6(8)9-3-5(4)7;4-1-2-7-3(5)6;2-1-4-3;;;/h4-5H,2-3H2,1H3;2-3H,1H3,(H2,8,9);1-2H2;1,3H;;;/q;;;;2*+1;-1/p-1. The molecule has 0 aromatic carbocycles. The summed E-state index contributed by atoms with van der Waals surface area (Å²) >= 11 is 16.5. The monoisotopic (exact) mass is 724 g/mol. The normalized spacial score (nSPS) is 10.8. The summed E-state index contributed by atoms with van der Waals surface area (Å²) in [5.41, 5.74) is 6.75. The van der Waals surface area contributed by atoms with Crippen LogP contribution in [-0.4, -0.2) is 53.6 Å². The second-order valence-corrected chi connectivity index (χ2v) is 8.28. The minimum atomic E-state index is -0.805. The molecule has 11 nitrogen and oxygen atoms in total. The van der Waals surface area contributed by atoms with E-state index < -0.39 is 5.43 Å². The van der Waals surface area contributed by atoms with Crippen LogP contribution in [0.1, 0.15) is 12.6 Å². The van der Waals surface area contributed by atoms with E-state index in [9.17, 15) is 9.59 Å². The summed E-state index contributed by atoms with van der Waals surface area (Å²) in [4.78, 5) is 41.7. The molecule has 0 saturated carbocycles. The molecule has 1 amide bonds. The summed E-state index contributed by atoms with van der Waals surface area (Å²) in [5, 5.41) is 8.43. The summed E-state index contributed by atoms with van der Waals surface area (Å²) in [6.07, 6.45) is 3.07. The second kappa shape index (κ2) is 25.1. The first-order valence-electron chi connectivity index (χ1n) is 9.11. The van der Waals surface area contributed by atoms with Gasteiger partial charge in [0, 0.05) is 32.9 Å². The van der Waals surface area contributed by atoms with E-state index >= 15 is 0 Å². The third-order valence-corrected chi connectivity index (χ3v) is 5.39. The van der Waals surface area contributed by atoms with Gasteiger partial charge in [0.05, 0.1) is 12.4 Å². The quantitative estimate of drug-likeness (QED) is 0.0934. The van der Waals surface area contributed by atoms with E-state index in [4.69, 9.17) is 43.7 Å². The van der Waals surface area contributed by atoms with Gasteiger partial charge in [0.25, 0.3) is 6.47 Å². The van der Waals surface area contributed by atoms with Crippen molar-refractivity contribution in [2.75, 3.05) is 36.3 Å². The number of nitrogens with two attached hydrogens (primary N) is 1. The number of ether oxygens (including phenoxy) is 2. The third-order valence-electron chi connectivity index (χ3n) is 3.47. The minimum Gasteiger partial charge on any atom is -1.00 e. The Hall–Kier alpha value is 1.08. The fraction of sp³-hybridized carbons (Fsp3) is 0.316. The molecule has 0 aliphatic carbocycles. The molecule has 1 aliphatic heterocycles. The maximum Gasteiger partial charge on any atom is 1.00 e. The van der Waals surface area contributed by atoms with Crippen molar-refractivity contribution in [1.29, 1.82) is 0 Å². The Morgan fingerprint density at radius 1 is 1.25 bits per heavy atom. The average molecular weight is 727 g/mol. The molecule has 0 unspecified atom stereocenters. The molecule has 2 N–H and O–H groups in total. The van der Waals surface area contributed by atoms with E-state index in [0.29, 0.717) is 30.7 Å². The molecular formula is C19H22Br2Cl2K2N4O7. The van der Waals surface area contributed by atoms with E-state index in [-0.39, 0.29) is 123 Å². The zero-order valence-electron chi connectivity index (χ0n) is 21.0. The molecule has 2 aromatic heterocycles. The first-order chi connectivity index (χ1) is 16.1. The van der Waals surface area contributed by atoms with Crippen molar-refractivity contribution >= 4 is 84.7 Å². The predicted octanol–water partition coefficient (Wildman–Crippen LogP) is -2.00. The van der Waals surface area contributed by atoms with Crippen LogP contribution in [0.2, 0.25) is 0 Å². The molecule has 17 heteroatoms. The van der Waals surface area contributed by atoms with Crippen molar-refractivity contribution in [2.24, 2.45) is 0 Å². The van der Waals surface area contributed by atoms with Gasteiger partial charge in [-0.3, -0.25) is 9.69 Å². The van der Waals surface area contributed by atoms with Crippen LogP contribution in [0, 0.1) is 13.8 Å². The van der Waals surface area contributed by atoms with Crippen molar-refractivity contribution in [3.05, 3.63) is 44.6 Å². The number of aryl methyl sites for hydroxylation is 2. The van der Waals surface area contributed by atoms with Crippen LogP contribution in [-0.2, 0) is 19.2 Å². The maximum absolute atomic E-state index is 11.2. The van der Waals surface area contributed by atoms with Gasteiger partial charge in [-0.25, -0.2) is 19.6 Å². The number of pyridine rings is 2. The Morgan fingerprint density at radius 3 is 2.11 bits per heavy atom. The van der Waals surface area contributed by atoms with Crippen LogP contribution in [0.25, 0.3) is 0 Å². The number of hydrogen-bond donors (Lipinski definition) is 1. The Kier molecular flexibility index (Phi) is 29.0. The van der Waals surface area contributed by atoms with E-state index in [1.807, 2.05) is 26.0 Å². The zero-order chi connectivity index (χ0) is 26.1. The van der Waals surface area contributed by atoms with Gasteiger partial charge in [0.15, 0.2) is 0 Å². The van der Waals surface area contributed by atoms with Crippen molar-refractivity contribution in [2.45, 2.75) is 13.8 Å². The van der Waals surface area contributed by atoms with E-state index in [1.165, 1.54) is 4.90 Å². The molecule has 0 bridgehead atoms. The molecule has 0 radical (unpaired) electrons. The fourth-order valence-electron chi connectivity index (χ4n) is 1.95. The molecule has 0 atom stereocenters. The molecule has 1 fully saturated rings. The van der Waals surface area contributed by atoms with Gasteiger partial charge in [-0.05, 0) is 69.0 Å². The number of hydrogen-bond acceptors (Lipinski definition) is 10. The Morgan fingerprint density at radius 2 is 1.78 bits per heavy atom. The van der Waals surface area contributed by atoms with Crippen LogP contribution < -0.4 is 119 Å². The topological polar surface area (TPSA) is 157 Å². The molecule has 1 aliphatic rings. The van der Waals surface area contributed by atoms with Gasteiger partial charge in [0.2, 0.25) is 0 Å². The number of carbonyl (C=O) groups is 3. The van der Waals surface area contributed by atoms with Gasteiger partial charge in [-0.2, -0.15) is 0 Å². The number of cyclic esters (lactones) is 1. The number of nitrogen functional groups attached to an aromatic ring is 1. The molecule has 1 saturated heterocycles. The van der Waals surface area contributed by atoms with Crippen LogP contribution in [0.4, 0.5) is 21.2 Å². The summed E-state index contributed by atoms with van der Waals surface area (Å²) in [5.74, 6) is 1.50. The summed E-state index contributed by atoms with van der Waals surface area (Å²) in [6.45, 7) is 4.95. The zero-order valence-corrected chi connectivity index (χ0v) is 30.9. The van der Waals surface area contributed by atoms with Gasteiger partial charge in [-0.15, -0.1) is 11.6 Å². The van der Waals surface area contributed by atoms with E-state index in [0.717, 1.165) is 20.1 Å². The summed E-state index contributed by atoms with van der Waals surface area (Å²) < 4.78 is 10.9. The Labute approximate surface area is 322 Å². The number of anilines is 2. The number of alkyl halides is 1. The number of aromatic nitrogens is 2. The molecule has 3 rings (SSSR count). The number of rotatable bonds is 4. The smallest absolute Gasteiger partial charge is 1.00 e. The van der Waals surface area contributed by atoms with Crippen LogP contribution >= 0.6 is 55.1 Å². The number of halogens is 4. The summed E-state index contributed by atoms with van der Waals surface area (Å²) in [7, 11) is 0. The van der Waals surface area contributed by atoms with Gasteiger partial charge < -0.3 is 26.8 Å². The molecular weight excluding hydrogens is 705 g/mol. The minimum absolute atomic E-state index is 0. The van der Waals surface area contributed by atoms with Crippen molar-refractivity contribution in [1.82, 2.24) is 9.97 Å². The molecule has 36 heavy (non-hydrogen) atoms. The molecule has 0 spiro atoms. The van der Waals surface area contributed by atoms with Gasteiger partial charge in [-0.1, -0.05) is 0 Å². The Balaban J connectivity index is -0.000000209. The summed E-state index contributed by atoms with van der Waals surface area (Å²) in [6, 6.07) is 3.68. The largest absolute Gasteiger partial charge is 1.00 e. The van der Waals surface area contributed by atoms with Crippen molar-refractivity contribution in [3.63, 3.8) is 0 Å². The second-order valence-electron chi connectivity index (χ2n) is 5.88. The first-order valence-corrected chi connectivity index (χ1v) is 11.6. The number of amides is 1. The van der Waals surface area contributed by atoms with Crippen LogP contribution in [0.15, 0.2) is 33.5 Å². The molecule has 2 aromatic rings. The van der Waals surface area contributed by atoms with Gasteiger partial charge >= 0.3 is 114 Å². The predicted molar refractivity (Wildman–Crippen MR) is 133 cm³/mol. The van der Waals surface area contributed by atoms with Crippen LogP contribution in [0.5, 0.6) is 0 Å². The van der Waals surface area contributed by atoms with Crippen molar-refractivity contribution < 1.29 is 138 Å². The maximum atomic E-state index is 11.2. The molecule has 3 heterocycles. The van der Waals surface area contributed by atoms with Crippen molar-refractivity contribution in [3.8, 4) is 0 Å². The van der Waals surface area contributed by atoms with Gasteiger partial charge in [0.1, 0.15) is 24.8 Å². The van der Waals surface area contributed by atoms with E-state index in [1.54, 1.807) is 12.4 Å². The van der Waals surface area contributed by atoms with Crippen LogP contribution in [0.3, 0.4) is 0 Å². The third kappa shape index (κ3) is 19.2. The average Bonchev–Trinajstić information content (AvgIpc) is 3.24. The SMILES string of the molecule is Cc1cc(N)ncc1Br.Cc1cc(N2CCOC2=O)ncc1Br.O=C(Cl)OCCCl.O=CO[O-].[H-].[K+].[K+]. The Bertz CT molecular complexity index is 959. The van der Waals surface area contributed by atoms with E-state index in [2.05, 4.69) is 51.5 Å². The molecule has 190 valence electrons. The number of nitrogens with zero attached hydrogens (tertiary/aromatic N) is 3. The fourth-order valence-corrected chi connectivity index (χ4v) is 2.54. The number of carbonyl (C=O) groups excluding carboxylic acids is 3. The first kappa shape index (κ1) is 41.6.